The zero-order valence-corrected chi connectivity index (χ0v) is 18.5. The number of benzene rings is 1. The van der Waals surface area contributed by atoms with E-state index in [1.807, 2.05) is 18.2 Å². The normalized spacial score (nSPS) is 16.5. The molecule has 0 spiro atoms. The fourth-order valence-corrected chi connectivity index (χ4v) is 4.62. The number of nitrogens with one attached hydrogen (secondary N) is 1. The molecule has 0 bridgehead atoms. The second kappa shape index (κ2) is 8.88. The summed E-state index contributed by atoms with van der Waals surface area (Å²) >= 11 is 7.38. The number of anilines is 1. The minimum Gasteiger partial charge on any atom is -0.335 e. The van der Waals surface area contributed by atoms with Gasteiger partial charge in [-0.25, -0.2) is 9.18 Å². The van der Waals surface area contributed by atoms with Crippen LogP contribution in [0.3, 0.4) is 0 Å². The van der Waals surface area contributed by atoms with Crippen LogP contribution in [-0.4, -0.2) is 38.9 Å². The van der Waals surface area contributed by atoms with Gasteiger partial charge in [-0.15, -0.1) is 11.3 Å². The monoisotopic (exact) mass is 461 g/mol. The Morgan fingerprint density at radius 1 is 1.29 bits per heavy atom. The third-order valence-electron chi connectivity index (χ3n) is 5.28. The maximum absolute atomic E-state index is 14.0. The summed E-state index contributed by atoms with van der Waals surface area (Å²) in [6, 6.07) is 8.16. The zero-order chi connectivity index (χ0) is 22.1. The highest BCUT2D eigenvalue weighted by atomic mass is 35.5. The summed E-state index contributed by atoms with van der Waals surface area (Å²) in [6.45, 7) is 4.55. The summed E-state index contributed by atoms with van der Waals surface area (Å²) in [7, 11) is 0. The average molecular weight is 462 g/mol. The Bertz CT molecular complexity index is 1210. The molecule has 3 aromatic rings. The maximum atomic E-state index is 14.0. The molecule has 0 radical (unpaired) electrons. The number of aromatic nitrogens is 3. The van der Waals surface area contributed by atoms with E-state index in [1.165, 1.54) is 22.0 Å². The SMILES string of the molecule is Cc1ccc(C2=CCN(c3nc(C)n(Cc4ccc(Cl)s4)c(=O)n3)C[C@@H]2NO)cc1F. The van der Waals surface area contributed by atoms with Gasteiger partial charge in [-0.2, -0.15) is 15.4 Å². The van der Waals surface area contributed by atoms with E-state index in [2.05, 4.69) is 15.4 Å². The quantitative estimate of drug-likeness (QED) is 0.566. The van der Waals surface area contributed by atoms with Crippen molar-refractivity contribution in [3.8, 4) is 0 Å². The predicted molar refractivity (Wildman–Crippen MR) is 119 cm³/mol. The van der Waals surface area contributed by atoms with Crippen LogP contribution >= 0.6 is 22.9 Å². The molecule has 0 aliphatic carbocycles. The van der Waals surface area contributed by atoms with Crippen molar-refractivity contribution in [1.82, 2.24) is 20.0 Å². The number of hydroxylamine groups is 1. The summed E-state index contributed by atoms with van der Waals surface area (Å²) in [5.74, 6) is 0.518. The van der Waals surface area contributed by atoms with Crippen LogP contribution in [0.15, 0.2) is 41.2 Å². The average Bonchev–Trinajstić information content (AvgIpc) is 3.17. The summed E-state index contributed by atoms with van der Waals surface area (Å²) < 4.78 is 16.2. The van der Waals surface area contributed by atoms with Gasteiger partial charge in [0.1, 0.15) is 11.6 Å². The van der Waals surface area contributed by atoms with Gasteiger partial charge in [-0.05, 0) is 48.7 Å². The molecule has 4 rings (SSSR count). The maximum Gasteiger partial charge on any atom is 0.352 e. The van der Waals surface area contributed by atoms with Gasteiger partial charge in [-0.3, -0.25) is 4.57 Å². The lowest BCUT2D eigenvalue weighted by molar-refractivity contribution is 0.147. The molecule has 2 aromatic heterocycles. The van der Waals surface area contributed by atoms with Crippen LogP contribution in [0.2, 0.25) is 4.34 Å². The van der Waals surface area contributed by atoms with E-state index in [9.17, 15) is 14.4 Å². The van der Waals surface area contributed by atoms with Crippen molar-refractivity contribution in [2.24, 2.45) is 0 Å². The number of hydrogen-bond acceptors (Lipinski definition) is 7. The van der Waals surface area contributed by atoms with Gasteiger partial charge >= 0.3 is 5.69 Å². The lowest BCUT2D eigenvalue weighted by atomic mass is 9.94. The Hall–Kier alpha value is -2.59. The third-order valence-corrected chi connectivity index (χ3v) is 6.49. The van der Waals surface area contributed by atoms with Gasteiger partial charge in [0.2, 0.25) is 5.95 Å². The molecule has 162 valence electrons. The van der Waals surface area contributed by atoms with E-state index in [0.29, 0.717) is 40.9 Å². The molecule has 7 nitrogen and oxygen atoms in total. The number of aryl methyl sites for hydroxylation is 2. The van der Waals surface area contributed by atoms with Crippen LogP contribution in [-0.2, 0) is 6.54 Å². The summed E-state index contributed by atoms with van der Waals surface area (Å²) in [6.07, 6.45) is 1.87. The van der Waals surface area contributed by atoms with Crippen LogP contribution in [0.5, 0.6) is 0 Å². The lowest BCUT2D eigenvalue weighted by Gasteiger charge is -2.32. The molecule has 1 aliphatic rings. The molecule has 0 amide bonds. The van der Waals surface area contributed by atoms with Gasteiger partial charge in [0.05, 0.1) is 16.9 Å². The minimum atomic E-state index is -0.490. The Morgan fingerprint density at radius 3 is 2.74 bits per heavy atom. The standard InChI is InChI=1S/C21H21ClFN5O2S/c1-12-3-4-14(9-17(12)23)16-7-8-27(11-18(16)26-30)20-24-13(2)28(21(29)25-20)10-15-5-6-19(22)31-15/h3-7,9,18,26,30H,8,10-11H2,1-2H3/t18-/m0/s1. The molecule has 0 saturated carbocycles. The summed E-state index contributed by atoms with van der Waals surface area (Å²) in [5.41, 5.74) is 3.90. The smallest absolute Gasteiger partial charge is 0.335 e. The zero-order valence-electron chi connectivity index (χ0n) is 17.0. The number of rotatable bonds is 5. The molecule has 3 heterocycles. The molecule has 10 heteroatoms. The van der Waals surface area contributed by atoms with Gasteiger partial charge in [-0.1, -0.05) is 29.8 Å². The second-order valence-electron chi connectivity index (χ2n) is 7.36. The molecular weight excluding hydrogens is 441 g/mol. The molecule has 0 unspecified atom stereocenters. The van der Waals surface area contributed by atoms with Crippen LogP contribution in [0.4, 0.5) is 10.3 Å². The molecule has 1 aromatic carbocycles. The molecule has 2 N–H and O–H groups in total. The van der Waals surface area contributed by atoms with E-state index in [4.69, 9.17) is 11.6 Å². The van der Waals surface area contributed by atoms with Crippen molar-refractivity contribution in [3.63, 3.8) is 0 Å². The van der Waals surface area contributed by atoms with Crippen LogP contribution < -0.4 is 16.1 Å². The Kier molecular flexibility index (Phi) is 6.19. The molecule has 1 aliphatic heterocycles. The Morgan fingerprint density at radius 2 is 2.10 bits per heavy atom. The predicted octanol–water partition coefficient (Wildman–Crippen LogP) is 3.41. The summed E-state index contributed by atoms with van der Waals surface area (Å²) in [4.78, 5) is 24.0. The van der Waals surface area contributed by atoms with Gasteiger partial charge < -0.3 is 10.1 Å². The first-order valence-corrected chi connectivity index (χ1v) is 10.9. The van der Waals surface area contributed by atoms with Crippen molar-refractivity contribution < 1.29 is 9.60 Å². The topological polar surface area (TPSA) is 83.3 Å². The van der Waals surface area contributed by atoms with Crippen molar-refractivity contribution in [3.05, 3.63) is 78.9 Å². The van der Waals surface area contributed by atoms with Crippen molar-refractivity contribution in [2.45, 2.75) is 26.4 Å². The first-order valence-electron chi connectivity index (χ1n) is 9.66. The Labute approximate surface area is 187 Å². The number of thiophene rings is 1. The highest BCUT2D eigenvalue weighted by Crippen LogP contribution is 2.26. The number of hydrogen-bond donors (Lipinski definition) is 2. The van der Waals surface area contributed by atoms with Crippen molar-refractivity contribution in [2.75, 3.05) is 18.0 Å². The van der Waals surface area contributed by atoms with Gasteiger partial charge in [0, 0.05) is 18.0 Å². The lowest BCUT2D eigenvalue weighted by Crippen LogP contribution is -2.45. The van der Waals surface area contributed by atoms with Crippen LogP contribution in [0, 0.1) is 19.7 Å². The van der Waals surface area contributed by atoms with E-state index in [-0.39, 0.29) is 11.8 Å². The summed E-state index contributed by atoms with van der Waals surface area (Å²) in [5, 5.41) is 9.70. The number of nitrogens with zero attached hydrogens (tertiary/aromatic N) is 4. The molecule has 0 saturated heterocycles. The first-order chi connectivity index (χ1) is 14.9. The van der Waals surface area contributed by atoms with E-state index >= 15 is 0 Å². The fraction of sp³-hybridized carbons (Fsp3) is 0.286. The third kappa shape index (κ3) is 4.54. The largest absolute Gasteiger partial charge is 0.352 e. The molecule has 1 atom stereocenters. The van der Waals surface area contributed by atoms with Crippen molar-refractivity contribution in [1.29, 1.82) is 0 Å². The molecule has 31 heavy (non-hydrogen) atoms. The molecule has 0 fully saturated rings. The minimum absolute atomic E-state index is 0.286. The highest BCUT2D eigenvalue weighted by molar-refractivity contribution is 7.16. The molecular formula is C21H21ClFN5O2S. The first kappa shape index (κ1) is 21.6. The van der Waals surface area contributed by atoms with E-state index in [1.54, 1.807) is 30.9 Å². The van der Waals surface area contributed by atoms with Gasteiger partial charge in [0.25, 0.3) is 0 Å². The van der Waals surface area contributed by atoms with E-state index in [0.717, 1.165) is 10.5 Å². The van der Waals surface area contributed by atoms with Crippen LogP contribution in [0.1, 0.15) is 21.8 Å². The Balaban J connectivity index is 1.59. The fourth-order valence-electron chi connectivity index (χ4n) is 3.54. The van der Waals surface area contributed by atoms with Crippen LogP contribution in [0.25, 0.3) is 5.57 Å². The van der Waals surface area contributed by atoms with Crippen molar-refractivity contribution >= 4 is 34.5 Å². The highest BCUT2D eigenvalue weighted by Gasteiger charge is 2.26. The van der Waals surface area contributed by atoms with Gasteiger partial charge in [0.15, 0.2) is 0 Å². The van der Waals surface area contributed by atoms with E-state index < -0.39 is 11.7 Å². The second-order valence-corrected chi connectivity index (χ2v) is 9.16. The number of halogens is 2.